The second kappa shape index (κ2) is 8.24. The van der Waals surface area contributed by atoms with Gasteiger partial charge in [0.05, 0.1) is 23.5 Å². The lowest BCUT2D eigenvalue weighted by Crippen LogP contribution is -2.43. The minimum Gasteiger partial charge on any atom is -0.460 e. The van der Waals surface area contributed by atoms with Gasteiger partial charge in [0.1, 0.15) is 5.03 Å². The SMILES string of the molecule is CCOC(=O)c1nc2c(c(=O)[nH]1)C1CCCN(CC3CCCCO3)C(=O)C1S2. The maximum atomic E-state index is 13.2. The first-order chi connectivity index (χ1) is 13.6. The summed E-state index contributed by atoms with van der Waals surface area (Å²) in [6.07, 6.45) is 4.88. The molecule has 0 bridgehead atoms. The van der Waals surface area contributed by atoms with Crippen LogP contribution in [0.1, 0.15) is 61.1 Å². The van der Waals surface area contributed by atoms with E-state index in [1.165, 1.54) is 11.8 Å². The summed E-state index contributed by atoms with van der Waals surface area (Å²) in [5.41, 5.74) is 0.192. The summed E-state index contributed by atoms with van der Waals surface area (Å²) >= 11 is 1.30. The molecule has 1 aromatic heterocycles. The van der Waals surface area contributed by atoms with E-state index in [0.717, 1.165) is 38.7 Å². The Morgan fingerprint density at radius 1 is 1.32 bits per heavy atom. The van der Waals surface area contributed by atoms with Gasteiger partial charge in [0.25, 0.3) is 5.56 Å². The van der Waals surface area contributed by atoms with Crippen LogP contribution in [-0.4, -0.2) is 64.4 Å². The molecular formula is C19H25N3O5S. The van der Waals surface area contributed by atoms with Crippen LogP contribution in [0.15, 0.2) is 9.82 Å². The monoisotopic (exact) mass is 407 g/mol. The third kappa shape index (κ3) is 3.69. The number of nitrogens with zero attached hydrogens (tertiary/aromatic N) is 2. The molecule has 4 rings (SSSR count). The molecule has 1 N–H and O–H groups in total. The van der Waals surface area contributed by atoms with Crippen LogP contribution in [-0.2, 0) is 14.3 Å². The van der Waals surface area contributed by atoms with Crippen LogP contribution in [0.25, 0.3) is 0 Å². The minimum atomic E-state index is -0.655. The molecule has 9 heteroatoms. The van der Waals surface area contributed by atoms with E-state index < -0.39 is 5.97 Å². The number of thioether (sulfide) groups is 1. The Labute approximate surface area is 167 Å². The molecule has 2 saturated heterocycles. The van der Waals surface area contributed by atoms with Gasteiger partial charge in [-0.15, -0.1) is 0 Å². The highest BCUT2D eigenvalue weighted by Gasteiger charge is 2.45. The van der Waals surface area contributed by atoms with Crippen molar-refractivity contribution in [3.8, 4) is 0 Å². The van der Waals surface area contributed by atoms with Crippen LogP contribution in [0.2, 0.25) is 0 Å². The van der Waals surface area contributed by atoms with Gasteiger partial charge in [0.15, 0.2) is 0 Å². The van der Waals surface area contributed by atoms with Crippen molar-refractivity contribution >= 4 is 23.6 Å². The summed E-state index contributed by atoms with van der Waals surface area (Å²) in [6, 6.07) is 0. The topological polar surface area (TPSA) is 102 Å². The number of nitrogens with one attached hydrogen (secondary N) is 1. The van der Waals surface area contributed by atoms with Crippen molar-refractivity contribution in [2.24, 2.45) is 0 Å². The third-order valence-electron chi connectivity index (χ3n) is 5.56. The molecule has 0 radical (unpaired) electrons. The van der Waals surface area contributed by atoms with E-state index in [1.807, 2.05) is 4.90 Å². The average Bonchev–Trinajstić information content (AvgIpc) is 3.00. The molecule has 2 fully saturated rings. The standard InChI is InChI=1S/C19H25N3O5S/c1-2-26-19(25)15-20-16(23)13-12-7-5-8-22(10-11-6-3-4-9-27-11)18(24)14(12)28-17(13)21-15/h11-12,14H,2-10H2,1H3,(H,20,21,23). The predicted octanol–water partition coefficient (Wildman–Crippen LogP) is 1.70. The first kappa shape index (κ1) is 19.4. The first-order valence-corrected chi connectivity index (χ1v) is 10.8. The number of H-pyrrole nitrogens is 1. The van der Waals surface area contributed by atoms with Gasteiger partial charge in [-0.3, -0.25) is 9.59 Å². The van der Waals surface area contributed by atoms with Crippen molar-refractivity contribution in [1.82, 2.24) is 14.9 Å². The molecule has 3 aliphatic rings. The highest BCUT2D eigenvalue weighted by molar-refractivity contribution is 8.01. The Morgan fingerprint density at radius 3 is 2.93 bits per heavy atom. The lowest BCUT2D eigenvalue weighted by Gasteiger charge is -2.30. The van der Waals surface area contributed by atoms with Gasteiger partial charge in [0.2, 0.25) is 11.7 Å². The first-order valence-electron chi connectivity index (χ1n) is 9.97. The van der Waals surface area contributed by atoms with Gasteiger partial charge in [-0.05, 0) is 39.0 Å². The quantitative estimate of drug-likeness (QED) is 0.599. The number of hydrogen-bond donors (Lipinski definition) is 1. The molecule has 8 nitrogen and oxygen atoms in total. The van der Waals surface area contributed by atoms with Gasteiger partial charge < -0.3 is 19.4 Å². The number of esters is 1. The Kier molecular flexibility index (Phi) is 5.73. The molecule has 3 aliphatic heterocycles. The number of amides is 1. The van der Waals surface area contributed by atoms with Gasteiger partial charge in [-0.1, -0.05) is 11.8 Å². The van der Waals surface area contributed by atoms with Crippen molar-refractivity contribution in [2.75, 3.05) is 26.3 Å². The minimum absolute atomic E-state index is 0.0387. The summed E-state index contributed by atoms with van der Waals surface area (Å²) < 4.78 is 10.7. The zero-order valence-electron chi connectivity index (χ0n) is 15.9. The largest absolute Gasteiger partial charge is 0.460 e. The molecule has 1 aromatic rings. The lowest BCUT2D eigenvalue weighted by atomic mass is 9.93. The van der Waals surface area contributed by atoms with E-state index in [9.17, 15) is 14.4 Å². The van der Waals surface area contributed by atoms with E-state index in [4.69, 9.17) is 9.47 Å². The van der Waals surface area contributed by atoms with Crippen LogP contribution in [0.3, 0.4) is 0 Å². The van der Waals surface area contributed by atoms with Gasteiger partial charge >= 0.3 is 5.97 Å². The number of likely N-dealkylation sites (tertiary alicyclic amines) is 1. The van der Waals surface area contributed by atoms with Crippen LogP contribution in [0.4, 0.5) is 0 Å². The van der Waals surface area contributed by atoms with Crippen molar-refractivity contribution in [3.63, 3.8) is 0 Å². The van der Waals surface area contributed by atoms with Gasteiger partial charge in [-0.2, -0.15) is 0 Å². The van der Waals surface area contributed by atoms with E-state index in [2.05, 4.69) is 9.97 Å². The molecule has 3 atom stereocenters. The zero-order chi connectivity index (χ0) is 19.7. The Morgan fingerprint density at radius 2 is 2.18 bits per heavy atom. The van der Waals surface area contributed by atoms with Gasteiger partial charge in [0, 0.05) is 25.6 Å². The smallest absolute Gasteiger partial charge is 0.374 e. The van der Waals surface area contributed by atoms with Crippen molar-refractivity contribution in [2.45, 2.75) is 61.3 Å². The lowest BCUT2D eigenvalue weighted by molar-refractivity contribution is -0.132. The van der Waals surface area contributed by atoms with E-state index in [0.29, 0.717) is 23.7 Å². The van der Waals surface area contributed by atoms with Crippen LogP contribution >= 0.6 is 11.8 Å². The van der Waals surface area contributed by atoms with E-state index in [1.54, 1.807) is 6.92 Å². The summed E-state index contributed by atoms with van der Waals surface area (Å²) in [7, 11) is 0. The zero-order valence-corrected chi connectivity index (χ0v) is 16.8. The Bertz CT molecular complexity index is 820. The summed E-state index contributed by atoms with van der Waals surface area (Å²) in [5, 5.41) is 0.109. The van der Waals surface area contributed by atoms with Crippen molar-refractivity contribution in [3.05, 3.63) is 21.7 Å². The number of fused-ring (bicyclic) bond motifs is 3. The molecule has 4 heterocycles. The maximum absolute atomic E-state index is 13.2. The molecular weight excluding hydrogens is 382 g/mol. The number of carbonyl (C=O) groups excluding carboxylic acids is 2. The fourth-order valence-corrected chi connectivity index (χ4v) is 5.66. The summed E-state index contributed by atoms with van der Waals surface area (Å²) in [5.74, 6) is -0.888. The second-order valence-corrected chi connectivity index (χ2v) is 8.54. The second-order valence-electron chi connectivity index (χ2n) is 7.41. The number of carbonyl (C=O) groups is 2. The molecule has 0 saturated carbocycles. The molecule has 0 aliphatic carbocycles. The summed E-state index contributed by atoms with van der Waals surface area (Å²) in [4.78, 5) is 46.5. The molecule has 1 amide bonds. The molecule has 3 unspecified atom stereocenters. The molecule has 152 valence electrons. The number of aromatic nitrogens is 2. The van der Waals surface area contributed by atoms with E-state index >= 15 is 0 Å². The predicted molar refractivity (Wildman–Crippen MR) is 103 cm³/mol. The fourth-order valence-electron chi connectivity index (χ4n) is 4.22. The van der Waals surface area contributed by atoms with Crippen molar-refractivity contribution < 1.29 is 19.1 Å². The fraction of sp³-hybridized carbons (Fsp3) is 0.684. The maximum Gasteiger partial charge on any atom is 0.374 e. The summed E-state index contributed by atoms with van der Waals surface area (Å²) in [6.45, 7) is 3.95. The molecule has 0 aromatic carbocycles. The van der Waals surface area contributed by atoms with Crippen LogP contribution < -0.4 is 5.56 Å². The molecule has 28 heavy (non-hydrogen) atoms. The van der Waals surface area contributed by atoms with Crippen molar-refractivity contribution in [1.29, 1.82) is 0 Å². The van der Waals surface area contributed by atoms with Gasteiger partial charge in [-0.25, -0.2) is 9.78 Å². The number of ether oxygens (including phenoxy) is 2. The third-order valence-corrected chi connectivity index (χ3v) is 6.88. The van der Waals surface area contributed by atoms with Crippen LogP contribution in [0, 0.1) is 0 Å². The highest BCUT2D eigenvalue weighted by atomic mass is 32.2. The van der Waals surface area contributed by atoms with Crippen LogP contribution in [0.5, 0.6) is 0 Å². The van der Waals surface area contributed by atoms with E-state index in [-0.39, 0.29) is 41.2 Å². The highest BCUT2D eigenvalue weighted by Crippen LogP contribution is 2.47. The number of rotatable bonds is 4. The Balaban J connectivity index is 1.55. The number of hydrogen-bond acceptors (Lipinski definition) is 7. The number of aromatic amines is 1. The normalized spacial score (nSPS) is 27.1. The molecule has 0 spiro atoms. The Hall–Kier alpha value is -1.87. The average molecular weight is 407 g/mol.